The Morgan fingerprint density at radius 1 is 1.10 bits per heavy atom. The van der Waals surface area contributed by atoms with E-state index >= 15 is 0 Å². The monoisotopic (exact) mass is 386 g/mol. The van der Waals surface area contributed by atoms with Gasteiger partial charge < -0.3 is 10.0 Å². The highest BCUT2D eigenvalue weighted by molar-refractivity contribution is 5.79. The van der Waals surface area contributed by atoms with E-state index < -0.39 is 5.60 Å². The topological polar surface area (TPSA) is 53.4 Å². The number of nitrogens with zero attached hydrogens (tertiary/aromatic N) is 2. The lowest BCUT2D eigenvalue weighted by Crippen LogP contribution is -2.43. The van der Waals surface area contributed by atoms with Crippen LogP contribution in [0.1, 0.15) is 34.2 Å². The molecule has 3 aromatic rings. The molecule has 0 saturated carbocycles. The molecule has 0 fully saturated rings. The van der Waals surface area contributed by atoms with Crippen LogP contribution < -0.4 is 0 Å². The molecule has 1 amide bonds. The number of aliphatic hydroxyl groups is 1. The molecule has 1 aliphatic carbocycles. The summed E-state index contributed by atoms with van der Waals surface area (Å²) in [5.74, 6) is 0.00255. The summed E-state index contributed by atoms with van der Waals surface area (Å²) < 4.78 is 0. The first-order valence-electron chi connectivity index (χ1n) is 10.1. The molecule has 1 aliphatic rings. The molecule has 2 aromatic carbocycles. The Balaban J connectivity index is 1.60. The van der Waals surface area contributed by atoms with Gasteiger partial charge in [-0.25, -0.2) is 0 Å². The van der Waals surface area contributed by atoms with Gasteiger partial charge in [-0.1, -0.05) is 54.6 Å². The average molecular weight is 386 g/mol. The molecule has 0 aliphatic heterocycles. The van der Waals surface area contributed by atoms with Crippen LogP contribution in [0.4, 0.5) is 0 Å². The van der Waals surface area contributed by atoms with Crippen LogP contribution in [0.2, 0.25) is 0 Å². The van der Waals surface area contributed by atoms with Crippen molar-refractivity contribution in [1.82, 2.24) is 9.88 Å². The Bertz CT molecular complexity index is 1000. The summed E-state index contributed by atoms with van der Waals surface area (Å²) in [5.41, 5.74) is 4.14. The first kappa shape index (κ1) is 19.3. The second kappa shape index (κ2) is 8.18. The number of carbonyl (C=O) groups excluding carboxylic acids is 1. The minimum absolute atomic E-state index is 0.00255. The number of amides is 1. The smallest absolute Gasteiger partial charge is 0.227 e. The maximum Gasteiger partial charge on any atom is 0.227 e. The van der Waals surface area contributed by atoms with Gasteiger partial charge in [0.1, 0.15) is 5.60 Å². The lowest BCUT2D eigenvalue weighted by Gasteiger charge is -2.32. The zero-order valence-electron chi connectivity index (χ0n) is 16.7. The van der Waals surface area contributed by atoms with Gasteiger partial charge in [-0.2, -0.15) is 0 Å². The molecule has 148 valence electrons. The van der Waals surface area contributed by atoms with Crippen molar-refractivity contribution in [2.24, 2.45) is 0 Å². The Morgan fingerprint density at radius 2 is 1.86 bits per heavy atom. The number of pyridine rings is 1. The molecule has 0 radical (unpaired) electrons. The fourth-order valence-corrected chi connectivity index (χ4v) is 4.14. The van der Waals surface area contributed by atoms with Gasteiger partial charge in [-0.3, -0.25) is 9.78 Å². The first-order valence-corrected chi connectivity index (χ1v) is 10.1. The third kappa shape index (κ3) is 4.22. The molecule has 0 bridgehead atoms. The molecular formula is C25H26N2O2. The third-order valence-corrected chi connectivity index (χ3v) is 5.84. The van der Waals surface area contributed by atoms with E-state index in [0.29, 0.717) is 13.0 Å². The van der Waals surface area contributed by atoms with Crippen molar-refractivity contribution in [3.05, 3.63) is 101 Å². The Kier molecular flexibility index (Phi) is 5.45. The van der Waals surface area contributed by atoms with Crippen LogP contribution in [-0.4, -0.2) is 27.4 Å². The van der Waals surface area contributed by atoms with Crippen LogP contribution in [0.5, 0.6) is 0 Å². The Labute approximate surface area is 171 Å². The van der Waals surface area contributed by atoms with Crippen molar-refractivity contribution in [1.29, 1.82) is 0 Å². The zero-order chi connectivity index (χ0) is 20.3. The van der Waals surface area contributed by atoms with Crippen LogP contribution in [0.15, 0.2) is 73.1 Å². The molecule has 1 heterocycles. The Hall–Kier alpha value is -2.98. The van der Waals surface area contributed by atoms with Crippen LogP contribution in [0.3, 0.4) is 0 Å². The number of fused-ring (bicyclic) bond motifs is 1. The van der Waals surface area contributed by atoms with E-state index in [9.17, 15) is 9.90 Å². The summed E-state index contributed by atoms with van der Waals surface area (Å²) in [6, 6.07) is 19.9. The lowest BCUT2D eigenvalue weighted by molar-refractivity contribution is -0.135. The van der Waals surface area contributed by atoms with Crippen molar-refractivity contribution in [3.8, 4) is 0 Å². The molecule has 4 nitrogen and oxygen atoms in total. The molecule has 4 heteroatoms. The number of hydrogen-bond donors (Lipinski definition) is 1. The van der Waals surface area contributed by atoms with E-state index in [1.165, 1.54) is 5.56 Å². The minimum Gasteiger partial charge on any atom is -0.383 e. The molecule has 29 heavy (non-hydrogen) atoms. The summed E-state index contributed by atoms with van der Waals surface area (Å²) in [6.45, 7) is 2.76. The molecule has 0 spiro atoms. The zero-order valence-corrected chi connectivity index (χ0v) is 16.7. The normalized spacial score (nSPS) is 17.7. The molecule has 4 rings (SSSR count). The fourth-order valence-electron chi connectivity index (χ4n) is 4.14. The van der Waals surface area contributed by atoms with Crippen molar-refractivity contribution in [2.75, 3.05) is 6.54 Å². The minimum atomic E-state index is -1.01. The van der Waals surface area contributed by atoms with Gasteiger partial charge >= 0.3 is 0 Å². The van der Waals surface area contributed by atoms with Crippen molar-refractivity contribution >= 4 is 5.91 Å². The molecule has 1 N–H and O–H groups in total. The lowest BCUT2D eigenvalue weighted by atomic mass is 9.94. The van der Waals surface area contributed by atoms with Crippen molar-refractivity contribution < 1.29 is 9.90 Å². The van der Waals surface area contributed by atoms with Crippen molar-refractivity contribution in [3.63, 3.8) is 0 Å². The quantitative estimate of drug-likeness (QED) is 0.701. The molecule has 0 saturated heterocycles. The summed E-state index contributed by atoms with van der Waals surface area (Å²) >= 11 is 0. The summed E-state index contributed by atoms with van der Waals surface area (Å²) in [7, 11) is 0. The third-order valence-electron chi connectivity index (χ3n) is 5.84. The van der Waals surface area contributed by atoms with E-state index in [4.69, 9.17) is 0 Å². The number of benzene rings is 2. The largest absolute Gasteiger partial charge is 0.383 e. The number of hydrogen-bond acceptors (Lipinski definition) is 3. The highest BCUT2D eigenvalue weighted by Gasteiger charge is 2.39. The predicted molar refractivity (Wildman–Crippen MR) is 113 cm³/mol. The molecular weight excluding hydrogens is 360 g/mol. The van der Waals surface area contributed by atoms with E-state index in [1.807, 2.05) is 61.5 Å². The second-order valence-corrected chi connectivity index (χ2v) is 7.90. The van der Waals surface area contributed by atoms with Gasteiger partial charge in [0.15, 0.2) is 0 Å². The summed E-state index contributed by atoms with van der Waals surface area (Å²) in [6.07, 6.45) is 5.25. The number of aromatic nitrogens is 1. The average Bonchev–Trinajstić information content (AvgIpc) is 3.07. The number of rotatable bonds is 6. The maximum atomic E-state index is 13.3. The molecule has 1 unspecified atom stereocenters. The van der Waals surface area contributed by atoms with Crippen molar-refractivity contribution in [2.45, 2.75) is 38.3 Å². The van der Waals surface area contributed by atoms with Crippen LogP contribution in [-0.2, 0) is 29.8 Å². The van der Waals surface area contributed by atoms with E-state index in [-0.39, 0.29) is 18.9 Å². The van der Waals surface area contributed by atoms with Gasteiger partial charge in [0.25, 0.3) is 0 Å². The van der Waals surface area contributed by atoms with E-state index in [2.05, 4.69) is 11.1 Å². The fraction of sp³-hybridized carbons (Fsp3) is 0.280. The van der Waals surface area contributed by atoms with Gasteiger partial charge in [-0.15, -0.1) is 0 Å². The number of aryl methyl sites for hydroxylation is 2. The van der Waals surface area contributed by atoms with Gasteiger partial charge in [0.05, 0.1) is 13.0 Å². The van der Waals surface area contributed by atoms with Gasteiger partial charge in [0.2, 0.25) is 5.91 Å². The summed E-state index contributed by atoms with van der Waals surface area (Å²) in [4.78, 5) is 19.3. The number of carbonyl (C=O) groups is 1. The van der Waals surface area contributed by atoms with Crippen LogP contribution in [0.25, 0.3) is 0 Å². The van der Waals surface area contributed by atoms with Crippen LogP contribution >= 0.6 is 0 Å². The predicted octanol–water partition coefficient (Wildman–Crippen LogP) is 3.80. The van der Waals surface area contributed by atoms with Gasteiger partial charge in [0, 0.05) is 18.9 Å². The van der Waals surface area contributed by atoms with E-state index in [0.717, 1.165) is 28.7 Å². The van der Waals surface area contributed by atoms with E-state index in [1.54, 1.807) is 17.3 Å². The highest BCUT2D eigenvalue weighted by atomic mass is 16.3. The maximum absolute atomic E-state index is 13.3. The summed E-state index contributed by atoms with van der Waals surface area (Å²) in [5, 5.41) is 11.5. The van der Waals surface area contributed by atoms with Crippen LogP contribution in [0, 0.1) is 6.92 Å². The van der Waals surface area contributed by atoms with Gasteiger partial charge in [-0.05, 0) is 53.6 Å². The molecule has 1 atom stereocenters. The first-order chi connectivity index (χ1) is 14.0. The standard InChI is InChI=1S/C25H26N2O2/c1-19-12-14-26-16-22(19)15-24(28)27(17-20-7-3-2-4-8-20)18-25(29)13-11-21-9-5-6-10-23(21)25/h2-10,12,14,16,29H,11,13,15,17-18H2,1H3. The highest BCUT2D eigenvalue weighted by Crippen LogP contribution is 2.37. The SMILES string of the molecule is Cc1ccncc1CC(=O)N(Cc1ccccc1)CC1(O)CCc2ccccc21. The Morgan fingerprint density at radius 3 is 2.66 bits per heavy atom. The molecule has 1 aromatic heterocycles. The second-order valence-electron chi connectivity index (χ2n) is 7.90.